The minimum Gasteiger partial charge on any atom is -0.378 e. The van der Waals surface area contributed by atoms with Gasteiger partial charge in [-0.1, -0.05) is 19.9 Å². The maximum atomic E-state index is 4.52. The van der Waals surface area contributed by atoms with Crippen molar-refractivity contribution < 1.29 is 0 Å². The zero-order valence-corrected chi connectivity index (χ0v) is 11.9. The minimum absolute atomic E-state index is 0.327. The first-order valence-corrected chi connectivity index (χ1v) is 6.38. The molecule has 3 heteroatoms. The Labute approximate surface area is 110 Å². The Morgan fingerprint density at radius 1 is 1.44 bits per heavy atom. The van der Waals surface area contributed by atoms with Crippen molar-refractivity contribution in [2.24, 2.45) is 9.98 Å². The van der Waals surface area contributed by atoms with Crippen molar-refractivity contribution in [2.75, 3.05) is 0 Å². The van der Waals surface area contributed by atoms with Crippen molar-refractivity contribution in [3.05, 3.63) is 35.3 Å². The lowest BCUT2D eigenvalue weighted by atomic mass is 9.94. The summed E-state index contributed by atoms with van der Waals surface area (Å²) in [6, 6.07) is 0.327. The van der Waals surface area contributed by atoms with Gasteiger partial charge in [-0.05, 0) is 45.1 Å². The topological polar surface area (TPSA) is 36.8 Å². The van der Waals surface area contributed by atoms with Gasteiger partial charge < -0.3 is 5.32 Å². The van der Waals surface area contributed by atoms with E-state index in [1.165, 1.54) is 11.1 Å². The van der Waals surface area contributed by atoms with Gasteiger partial charge in [0.15, 0.2) is 0 Å². The van der Waals surface area contributed by atoms with Crippen LogP contribution in [0.4, 0.5) is 0 Å². The van der Waals surface area contributed by atoms with E-state index < -0.39 is 0 Å². The van der Waals surface area contributed by atoms with E-state index in [0.29, 0.717) is 6.04 Å². The fourth-order valence-electron chi connectivity index (χ4n) is 1.93. The lowest BCUT2D eigenvalue weighted by Gasteiger charge is -2.27. The van der Waals surface area contributed by atoms with Crippen molar-refractivity contribution in [1.82, 2.24) is 5.32 Å². The average Bonchev–Trinajstić information content (AvgIpc) is 2.34. The highest BCUT2D eigenvalue weighted by Crippen LogP contribution is 2.20. The molecule has 18 heavy (non-hydrogen) atoms. The highest BCUT2D eigenvalue weighted by Gasteiger charge is 2.20. The van der Waals surface area contributed by atoms with E-state index in [4.69, 9.17) is 0 Å². The van der Waals surface area contributed by atoms with Gasteiger partial charge in [0.25, 0.3) is 0 Å². The Kier molecular flexibility index (Phi) is 5.08. The van der Waals surface area contributed by atoms with Crippen molar-refractivity contribution in [3.63, 3.8) is 0 Å². The first-order chi connectivity index (χ1) is 8.51. The van der Waals surface area contributed by atoms with Crippen LogP contribution in [-0.4, -0.2) is 18.5 Å². The molecule has 0 amide bonds. The zero-order valence-electron chi connectivity index (χ0n) is 11.9. The second-order valence-electron chi connectivity index (χ2n) is 4.66. The van der Waals surface area contributed by atoms with Gasteiger partial charge in [0.05, 0.1) is 17.1 Å². The molecule has 1 unspecified atom stereocenters. The summed E-state index contributed by atoms with van der Waals surface area (Å²) in [5.41, 5.74) is 5.21. The molecular formula is C15H23N3. The SMILES string of the molecule is C=N/C(=C/N=C1\C(=C)NC(C)C(C)=C1C)CCC. The summed E-state index contributed by atoms with van der Waals surface area (Å²) in [5.74, 6) is 0. The lowest BCUT2D eigenvalue weighted by Crippen LogP contribution is -2.36. The molecule has 0 radical (unpaired) electrons. The van der Waals surface area contributed by atoms with Crippen LogP contribution in [0.3, 0.4) is 0 Å². The number of rotatable bonds is 4. The minimum atomic E-state index is 0.327. The molecule has 0 fully saturated rings. The predicted octanol–water partition coefficient (Wildman–Crippen LogP) is 3.61. The molecule has 0 aromatic rings. The number of allylic oxidation sites excluding steroid dienone is 2. The van der Waals surface area contributed by atoms with E-state index in [2.05, 4.69) is 56.3 Å². The second-order valence-corrected chi connectivity index (χ2v) is 4.66. The number of hydrogen-bond donors (Lipinski definition) is 1. The molecule has 0 saturated heterocycles. The molecule has 98 valence electrons. The third kappa shape index (κ3) is 3.19. The van der Waals surface area contributed by atoms with E-state index in [1.54, 1.807) is 6.20 Å². The smallest absolute Gasteiger partial charge is 0.0885 e. The molecule has 1 aliphatic heterocycles. The average molecular weight is 245 g/mol. The summed E-state index contributed by atoms with van der Waals surface area (Å²) in [6.07, 6.45) is 3.74. The van der Waals surface area contributed by atoms with Gasteiger partial charge in [-0.25, -0.2) is 0 Å². The van der Waals surface area contributed by atoms with Gasteiger partial charge in [-0.3, -0.25) is 9.98 Å². The van der Waals surface area contributed by atoms with Crippen LogP contribution in [0.25, 0.3) is 0 Å². The lowest BCUT2D eigenvalue weighted by molar-refractivity contribution is 0.696. The third-order valence-corrected chi connectivity index (χ3v) is 3.32. The quantitative estimate of drug-likeness (QED) is 0.755. The van der Waals surface area contributed by atoms with Crippen LogP contribution >= 0.6 is 0 Å². The summed E-state index contributed by atoms with van der Waals surface area (Å²) in [5, 5.41) is 3.32. The molecule has 0 aromatic heterocycles. The molecule has 3 nitrogen and oxygen atoms in total. The summed E-state index contributed by atoms with van der Waals surface area (Å²) >= 11 is 0. The predicted molar refractivity (Wildman–Crippen MR) is 80.1 cm³/mol. The molecule has 1 rings (SSSR count). The largest absolute Gasteiger partial charge is 0.378 e. The summed E-state index contributed by atoms with van der Waals surface area (Å²) in [4.78, 5) is 8.50. The van der Waals surface area contributed by atoms with E-state index in [1.807, 2.05) is 0 Å². The summed E-state index contributed by atoms with van der Waals surface area (Å²) in [6.45, 7) is 16.1. The van der Waals surface area contributed by atoms with E-state index in [0.717, 1.165) is 29.9 Å². The molecule has 1 N–H and O–H groups in total. The van der Waals surface area contributed by atoms with Crippen molar-refractivity contribution >= 4 is 12.4 Å². The summed E-state index contributed by atoms with van der Waals surface area (Å²) < 4.78 is 0. The van der Waals surface area contributed by atoms with Crippen LogP contribution in [0.2, 0.25) is 0 Å². The van der Waals surface area contributed by atoms with Gasteiger partial charge in [-0.2, -0.15) is 0 Å². The standard InChI is InChI=1S/C15H23N3/c1-7-8-14(16-6)9-17-15-11(3)10(2)12(4)18-13(15)5/h9,12,18H,5-8H2,1-4H3/b14-9+,17-15-. The molecule has 0 aromatic carbocycles. The van der Waals surface area contributed by atoms with Crippen molar-refractivity contribution in [2.45, 2.75) is 46.6 Å². The van der Waals surface area contributed by atoms with Gasteiger partial charge in [0.1, 0.15) is 0 Å². The Morgan fingerprint density at radius 2 is 2.11 bits per heavy atom. The molecule has 1 aliphatic rings. The van der Waals surface area contributed by atoms with Crippen molar-refractivity contribution in [3.8, 4) is 0 Å². The Hall–Kier alpha value is -1.64. The Bertz CT molecular complexity index is 439. The highest BCUT2D eigenvalue weighted by atomic mass is 15.0. The van der Waals surface area contributed by atoms with E-state index in [9.17, 15) is 0 Å². The van der Waals surface area contributed by atoms with Gasteiger partial charge in [0.2, 0.25) is 0 Å². The molecule has 0 saturated carbocycles. The molecule has 1 heterocycles. The number of nitrogens with zero attached hydrogens (tertiary/aromatic N) is 2. The van der Waals surface area contributed by atoms with Crippen LogP contribution in [0.1, 0.15) is 40.5 Å². The van der Waals surface area contributed by atoms with Crippen molar-refractivity contribution in [1.29, 1.82) is 0 Å². The number of nitrogens with one attached hydrogen (secondary N) is 1. The van der Waals surface area contributed by atoms with E-state index >= 15 is 0 Å². The van der Waals surface area contributed by atoms with Gasteiger partial charge in [-0.15, -0.1) is 0 Å². The molecule has 0 bridgehead atoms. The monoisotopic (exact) mass is 245 g/mol. The summed E-state index contributed by atoms with van der Waals surface area (Å²) in [7, 11) is 0. The second kappa shape index (κ2) is 6.34. The first-order valence-electron chi connectivity index (χ1n) is 6.38. The number of aliphatic imine (C=N–C) groups is 2. The highest BCUT2D eigenvalue weighted by molar-refractivity contribution is 6.13. The molecule has 0 spiro atoms. The maximum Gasteiger partial charge on any atom is 0.0885 e. The van der Waals surface area contributed by atoms with Crippen LogP contribution < -0.4 is 5.32 Å². The van der Waals surface area contributed by atoms with Gasteiger partial charge in [0, 0.05) is 12.2 Å². The maximum absolute atomic E-state index is 4.52. The Balaban J connectivity index is 3.07. The Morgan fingerprint density at radius 3 is 2.67 bits per heavy atom. The van der Waals surface area contributed by atoms with Crippen LogP contribution in [0, 0.1) is 0 Å². The van der Waals surface area contributed by atoms with E-state index in [-0.39, 0.29) is 0 Å². The fraction of sp³-hybridized carbons (Fsp3) is 0.467. The molecule has 1 atom stereocenters. The van der Waals surface area contributed by atoms with Crippen LogP contribution in [0.15, 0.2) is 45.3 Å². The fourth-order valence-corrected chi connectivity index (χ4v) is 1.93. The third-order valence-electron chi connectivity index (χ3n) is 3.32. The normalized spacial score (nSPS) is 23.3. The molecule has 0 aliphatic carbocycles. The van der Waals surface area contributed by atoms with Gasteiger partial charge >= 0.3 is 0 Å². The van der Waals surface area contributed by atoms with Crippen LogP contribution in [0.5, 0.6) is 0 Å². The molecular weight excluding hydrogens is 222 g/mol. The van der Waals surface area contributed by atoms with Crippen LogP contribution in [-0.2, 0) is 0 Å². The number of hydrogen-bond acceptors (Lipinski definition) is 3. The zero-order chi connectivity index (χ0) is 13.7. The first kappa shape index (κ1) is 14.4.